The Bertz CT molecular complexity index is 544. The summed E-state index contributed by atoms with van der Waals surface area (Å²) in [5, 5.41) is 12.2. The second-order valence-electron chi connectivity index (χ2n) is 4.70. The number of rotatable bonds is 5. The van der Waals surface area contributed by atoms with Gasteiger partial charge in [0.25, 0.3) is 5.91 Å². The Morgan fingerprint density at radius 3 is 2.65 bits per heavy atom. The van der Waals surface area contributed by atoms with Crippen LogP contribution in [0.4, 0.5) is 0 Å². The molecular formula is C13H15Cl2N3O2. The van der Waals surface area contributed by atoms with Crippen molar-refractivity contribution in [2.75, 3.05) is 6.54 Å². The smallest absolute Gasteiger partial charge is 0.254 e. The van der Waals surface area contributed by atoms with Gasteiger partial charge in [-0.05, 0) is 31.0 Å². The summed E-state index contributed by atoms with van der Waals surface area (Å²) in [6.45, 7) is 0.416. The molecule has 0 heterocycles. The maximum Gasteiger partial charge on any atom is 0.254 e. The van der Waals surface area contributed by atoms with Gasteiger partial charge in [-0.2, -0.15) is 0 Å². The van der Waals surface area contributed by atoms with E-state index in [1.165, 1.54) is 0 Å². The van der Waals surface area contributed by atoms with Gasteiger partial charge in [0.05, 0.1) is 10.0 Å². The summed E-state index contributed by atoms with van der Waals surface area (Å²) in [5.74, 6) is -0.00519. The number of halogens is 2. The quantitative estimate of drug-likeness (QED) is 0.379. The fourth-order valence-corrected chi connectivity index (χ4v) is 2.21. The summed E-state index contributed by atoms with van der Waals surface area (Å²) in [6, 6.07) is 5.04. The van der Waals surface area contributed by atoms with Crippen molar-refractivity contribution >= 4 is 34.9 Å². The van der Waals surface area contributed by atoms with Crippen molar-refractivity contribution in [2.45, 2.75) is 25.3 Å². The van der Waals surface area contributed by atoms with Gasteiger partial charge >= 0.3 is 0 Å². The molecule has 0 aliphatic heterocycles. The molecule has 0 bridgehead atoms. The fourth-order valence-electron chi connectivity index (χ4n) is 1.92. The molecule has 0 saturated heterocycles. The number of hydrogen-bond acceptors (Lipinski definition) is 3. The van der Waals surface area contributed by atoms with Crippen LogP contribution < -0.4 is 5.73 Å². The molecule has 1 saturated carbocycles. The topological polar surface area (TPSA) is 78.9 Å². The molecule has 0 radical (unpaired) electrons. The first-order valence-electron chi connectivity index (χ1n) is 6.25. The third-order valence-corrected chi connectivity index (χ3v) is 3.89. The Morgan fingerprint density at radius 1 is 1.40 bits per heavy atom. The second-order valence-corrected chi connectivity index (χ2v) is 5.51. The van der Waals surface area contributed by atoms with Crippen LogP contribution in [0, 0.1) is 0 Å². The molecule has 0 atom stereocenters. The summed E-state index contributed by atoms with van der Waals surface area (Å²) < 4.78 is 0. The van der Waals surface area contributed by atoms with E-state index in [1.807, 2.05) is 0 Å². The number of oxime groups is 1. The number of hydrogen-bond donors (Lipinski definition) is 2. The Labute approximate surface area is 126 Å². The van der Waals surface area contributed by atoms with Crippen LogP contribution in [0.5, 0.6) is 0 Å². The highest BCUT2D eigenvalue weighted by Gasteiger charge is 2.33. The minimum Gasteiger partial charge on any atom is -0.409 e. The van der Waals surface area contributed by atoms with Crippen LogP contribution in [-0.2, 0) is 0 Å². The van der Waals surface area contributed by atoms with Crippen molar-refractivity contribution in [2.24, 2.45) is 10.9 Å². The zero-order valence-corrected chi connectivity index (χ0v) is 12.2. The highest BCUT2D eigenvalue weighted by Crippen LogP contribution is 2.30. The van der Waals surface area contributed by atoms with Crippen LogP contribution in [-0.4, -0.2) is 34.4 Å². The van der Waals surface area contributed by atoms with Crippen molar-refractivity contribution in [3.63, 3.8) is 0 Å². The van der Waals surface area contributed by atoms with E-state index in [0.717, 1.165) is 12.8 Å². The first kappa shape index (κ1) is 14.9. The average molecular weight is 316 g/mol. The van der Waals surface area contributed by atoms with Gasteiger partial charge in [0.1, 0.15) is 5.84 Å². The van der Waals surface area contributed by atoms with Gasteiger partial charge < -0.3 is 15.8 Å². The van der Waals surface area contributed by atoms with E-state index >= 15 is 0 Å². The van der Waals surface area contributed by atoms with Crippen LogP contribution in [0.25, 0.3) is 0 Å². The molecule has 108 valence electrons. The third kappa shape index (κ3) is 3.55. The molecule has 1 aliphatic carbocycles. The fraction of sp³-hybridized carbons (Fsp3) is 0.385. The lowest BCUT2D eigenvalue weighted by Gasteiger charge is -2.22. The Kier molecular flexibility index (Phi) is 4.73. The zero-order valence-electron chi connectivity index (χ0n) is 10.7. The summed E-state index contributed by atoms with van der Waals surface area (Å²) in [5.41, 5.74) is 5.94. The largest absolute Gasteiger partial charge is 0.409 e. The van der Waals surface area contributed by atoms with Crippen molar-refractivity contribution in [3.8, 4) is 0 Å². The molecule has 1 aromatic rings. The number of carbonyl (C=O) groups is 1. The van der Waals surface area contributed by atoms with Crippen molar-refractivity contribution in [1.29, 1.82) is 0 Å². The van der Waals surface area contributed by atoms with Gasteiger partial charge in [0.2, 0.25) is 0 Å². The van der Waals surface area contributed by atoms with Crippen LogP contribution >= 0.6 is 23.2 Å². The van der Waals surface area contributed by atoms with Crippen molar-refractivity contribution < 1.29 is 10.0 Å². The van der Waals surface area contributed by atoms with E-state index in [2.05, 4.69) is 5.16 Å². The van der Waals surface area contributed by atoms with E-state index in [1.54, 1.807) is 23.1 Å². The minimum atomic E-state index is -0.114. The van der Waals surface area contributed by atoms with Crippen LogP contribution in [0.1, 0.15) is 29.6 Å². The lowest BCUT2D eigenvalue weighted by atomic mass is 10.2. The van der Waals surface area contributed by atoms with Gasteiger partial charge in [0, 0.05) is 24.6 Å². The number of carbonyl (C=O) groups excluding carboxylic acids is 1. The number of benzene rings is 1. The third-order valence-electron chi connectivity index (χ3n) is 3.15. The summed E-state index contributed by atoms with van der Waals surface area (Å²) >= 11 is 11.8. The standard InChI is InChI=1S/C13H15Cl2N3O2/c14-10-4-1-8(7-11(10)15)13(19)18(9-2-3-9)6-5-12(16)17-20/h1,4,7,9,20H,2-3,5-6H2,(H2,16,17). The number of amides is 1. The lowest BCUT2D eigenvalue weighted by Crippen LogP contribution is -2.35. The first-order chi connectivity index (χ1) is 9.52. The van der Waals surface area contributed by atoms with Gasteiger partial charge in [-0.1, -0.05) is 28.4 Å². The summed E-state index contributed by atoms with van der Waals surface area (Å²) in [7, 11) is 0. The van der Waals surface area contributed by atoms with Crippen molar-refractivity contribution in [3.05, 3.63) is 33.8 Å². The number of nitrogens with zero attached hydrogens (tertiary/aromatic N) is 2. The first-order valence-corrected chi connectivity index (χ1v) is 7.01. The molecule has 5 nitrogen and oxygen atoms in total. The van der Waals surface area contributed by atoms with E-state index in [4.69, 9.17) is 34.1 Å². The molecule has 1 amide bonds. The van der Waals surface area contributed by atoms with Crippen LogP contribution in [0.2, 0.25) is 10.0 Å². The maximum atomic E-state index is 12.5. The predicted octanol–water partition coefficient (Wildman–Crippen LogP) is 2.73. The Hall–Kier alpha value is -1.46. The maximum absolute atomic E-state index is 12.5. The van der Waals surface area contributed by atoms with E-state index < -0.39 is 0 Å². The Balaban J connectivity index is 2.12. The van der Waals surface area contributed by atoms with E-state index in [0.29, 0.717) is 28.6 Å². The normalized spacial score (nSPS) is 15.2. The molecule has 1 aliphatic rings. The van der Waals surface area contributed by atoms with Gasteiger partial charge in [-0.15, -0.1) is 0 Å². The highest BCUT2D eigenvalue weighted by molar-refractivity contribution is 6.42. The predicted molar refractivity (Wildman–Crippen MR) is 78.5 cm³/mol. The van der Waals surface area contributed by atoms with Gasteiger partial charge in [0.15, 0.2) is 0 Å². The molecule has 0 aromatic heterocycles. The van der Waals surface area contributed by atoms with E-state index in [-0.39, 0.29) is 17.8 Å². The molecule has 20 heavy (non-hydrogen) atoms. The average Bonchev–Trinajstić information content (AvgIpc) is 3.26. The lowest BCUT2D eigenvalue weighted by molar-refractivity contribution is 0.0747. The van der Waals surface area contributed by atoms with Gasteiger partial charge in [-0.3, -0.25) is 4.79 Å². The molecule has 1 aromatic carbocycles. The minimum absolute atomic E-state index is 0.109. The summed E-state index contributed by atoms with van der Waals surface area (Å²) in [6.07, 6.45) is 2.28. The van der Waals surface area contributed by atoms with Crippen LogP contribution in [0.15, 0.2) is 23.4 Å². The molecule has 1 fully saturated rings. The number of nitrogens with two attached hydrogens (primary N) is 1. The molecule has 2 rings (SSSR count). The zero-order chi connectivity index (χ0) is 14.7. The van der Waals surface area contributed by atoms with Crippen molar-refractivity contribution in [1.82, 2.24) is 4.90 Å². The number of amidine groups is 1. The molecule has 0 unspecified atom stereocenters. The monoisotopic (exact) mass is 315 g/mol. The van der Waals surface area contributed by atoms with E-state index in [9.17, 15) is 4.79 Å². The highest BCUT2D eigenvalue weighted by atomic mass is 35.5. The molecule has 0 spiro atoms. The van der Waals surface area contributed by atoms with Gasteiger partial charge in [-0.25, -0.2) is 0 Å². The molecule has 3 N–H and O–H groups in total. The SMILES string of the molecule is NC(CCN(C(=O)c1ccc(Cl)c(Cl)c1)C1CC1)=NO. The molecule has 7 heteroatoms. The van der Waals surface area contributed by atoms with Crippen LogP contribution in [0.3, 0.4) is 0 Å². The Morgan fingerprint density at radius 2 is 2.10 bits per heavy atom. The second kappa shape index (κ2) is 6.33. The molecular weight excluding hydrogens is 301 g/mol. The summed E-state index contributed by atoms with van der Waals surface area (Å²) in [4.78, 5) is 14.2.